The second kappa shape index (κ2) is 8.57. The van der Waals surface area contributed by atoms with Gasteiger partial charge in [0.05, 0.1) is 6.54 Å². The van der Waals surface area contributed by atoms with E-state index in [1.807, 2.05) is 36.4 Å². The number of carboxylic acids is 1. The van der Waals surface area contributed by atoms with Gasteiger partial charge in [-0.25, -0.2) is 9.59 Å². The van der Waals surface area contributed by atoms with Gasteiger partial charge in [-0.3, -0.25) is 4.79 Å². The lowest BCUT2D eigenvalue weighted by Gasteiger charge is -2.51. The molecular weight excluding hydrogens is 450 g/mol. The van der Waals surface area contributed by atoms with Crippen molar-refractivity contribution in [1.82, 2.24) is 15.4 Å². The fourth-order valence-corrected chi connectivity index (χ4v) is 5.04. The molecule has 2 aliphatic rings. The third-order valence-electron chi connectivity index (χ3n) is 6.65. The van der Waals surface area contributed by atoms with Gasteiger partial charge in [-0.2, -0.15) is 0 Å². The molecule has 1 aromatic heterocycles. The zero-order valence-corrected chi connectivity index (χ0v) is 19.4. The van der Waals surface area contributed by atoms with Gasteiger partial charge in [0.2, 0.25) is 0 Å². The van der Waals surface area contributed by atoms with Crippen LogP contribution in [0.3, 0.4) is 0 Å². The Balaban J connectivity index is 1.17. The summed E-state index contributed by atoms with van der Waals surface area (Å²) in [5, 5.41) is 15.8. The van der Waals surface area contributed by atoms with E-state index in [1.165, 1.54) is 11.0 Å². The molecule has 9 nitrogen and oxygen atoms in total. The number of alkyl carbamates (subject to hydrolysis) is 1. The monoisotopic (exact) mass is 475 g/mol. The van der Waals surface area contributed by atoms with Gasteiger partial charge in [-0.15, -0.1) is 0 Å². The molecule has 2 N–H and O–H groups in total. The third kappa shape index (κ3) is 4.03. The van der Waals surface area contributed by atoms with Crippen LogP contribution in [0.1, 0.15) is 47.1 Å². The van der Waals surface area contributed by atoms with Gasteiger partial charge in [0.1, 0.15) is 12.6 Å². The van der Waals surface area contributed by atoms with Crippen LogP contribution in [0.2, 0.25) is 0 Å². The SMILES string of the molecule is CC1(C)CN(C(=O)c2cc(CNC(=O)OCC3c4ccccc4-c4ccccc43)on2)C1C(=O)O. The molecular formula is C26H25N3O6. The maximum atomic E-state index is 12.7. The molecule has 0 saturated carbocycles. The summed E-state index contributed by atoms with van der Waals surface area (Å²) in [6, 6.07) is 16.6. The number of carbonyl (C=O) groups excluding carboxylic acids is 2. The van der Waals surface area contributed by atoms with Crippen molar-refractivity contribution in [1.29, 1.82) is 0 Å². The number of ether oxygens (including phenoxy) is 1. The summed E-state index contributed by atoms with van der Waals surface area (Å²) in [6.07, 6.45) is -0.619. The number of hydrogen-bond acceptors (Lipinski definition) is 6. The Hall–Kier alpha value is -4.14. The third-order valence-corrected chi connectivity index (χ3v) is 6.65. The largest absolute Gasteiger partial charge is 0.480 e. The zero-order chi connectivity index (χ0) is 24.7. The van der Waals surface area contributed by atoms with Crippen molar-refractivity contribution in [2.75, 3.05) is 13.2 Å². The Morgan fingerprint density at radius 3 is 2.34 bits per heavy atom. The fraction of sp³-hybridized carbons (Fsp3) is 0.308. The van der Waals surface area contributed by atoms with Crippen LogP contribution >= 0.6 is 0 Å². The summed E-state index contributed by atoms with van der Waals surface area (Å²) in [5.74, 6) is -1.37. The Labute approximate surface area is 201 Å². The lowest BCUT2D eigenvalue weighted by Crippen LogP contribution is -2.67. The summed E-state index contributed by atoms with van der Waals surface area (Å²) in [5.41, 5.74) is 4.01. The summed E-state index contributed by atoms with van der Waals surface area (Å²) in [7, 11) is 0. The van der Waals surface area contributed by atoms with Crippen molar-refractivity contribution in [3.8, 4) is 11.1 Å². The van der Waals surface area contributed by atoms with Crippen LogP contribution in [0.4, 0.5) is 4.79 Å². The summed E-state index contributed by atoms with van der Waals surface area (Å²) >= 11 is 0. The van der Waals surface area contributed by atoms with Crippen LogP contribution in [0.5, 0.6) is 0 Å². The Morgan fingerprint density at radius 1 is 1.11 bits per heavy atom. The molecule has 2 amide bonds. The Kier molecular flexibility index (Phi) is 5.55. The number of nitrogens with one attached hydrogen (secondary N) is 1. The lowest BCUT2D eigenvalue weighted by atomic mass is 9.74. The minimum Gasteiger partial charge on any atom is -0.480 e. The van der Waals surface area contributed by atoms with Crippen molar-refractivity contribution >= 4 is 18.0 Å². The minimum absolute atomic E-state index is 0.00362. The molecule has 2 heterocycles. The Bertz CT molecular complexity index is 1270. The predicted octanol–water partition coefficient (Wildman–Crippen LogP) is 3.65. The number of likely N-dealkylation sites (tertiary alicyclic amines) is 1. The number of carboxylic acid groups (broad SMARTS) is 1. The number of benzene rings is 2. The number of amides is 2. The molecule has 1 aliphatic heterocycles. The van der Waals surface area contributed by atoms with Crippen molar-refractivity contribution < 1.29 is 28.8 Å². The van der Waals surface area contributed by atoms with Gasteiger partial charge in [0, 0.05) is 23.9 Å². The van der Waals surface area contributed by atoms with E-state index in [9.17, 15) is 19.5 Å². The van der Waals surface area contributed by atoms with Gasteiger partial charge >= 0.3 is 12.1 Å². The predicted molar refractivity (Wildman–Crippen MR) is 125 cm³/mol. The molecule has 0 spiro atoms. The van der Waals surface area contributed by atoms with Crippen LogP contribution in [0.15, 0.2) is 59.1 Å². The number of hydrogen-bond donors (Lipinski definition) is 2. The highest BCUT2D eigenvalue weighted by atomic mass is 16.5. The van der Waals surface area contributed by atoms with E-state index >= 15 is 0 Å². The second-order valence-electron chi connectivity index (χ2n) is 9.52. The molecule has 1 fully saturated rings. The van der Waals surface area contributed by atoms with Gasteiger partial charge in [-0.05, 0) is 22.3 Å². The topological polar surface area (TPSA) is 122 Å². The van der Waals surface area contributed by atoms with Crippen LogP contribution in [-0.2, 0) is 16.1 Å². The first-order valence-corrected chi connectivity index (χ1v) is 11.3. The highest BCUT2D eigenvalue weighted by Crippen LogP contribution is 2.44. The average molecular weight is 476 g/mol. The number of fused-ring (bicyclic) bond motifs is 3. The highest BCUT2D eigenvalue weighted by Gasteiger charge is 2.53. The molecule has 1 saturated heterocycles. The van der Waals surface area contributed by atoms with E-state index in [1.54, 1.807) is 13.8 Å². The van der Waals surface area contributed by atoms with E-state index < -0.39 is 29.4 Å². The molecule has 1 atom stereocenters. The summed E-state index contributed by atoms with van der Waals surface area (Å²) < 4.78 is 10.6. The van der Waals surface area contributed by atoms with Gasteiger partial charge < -0.3 is 24.6 Å². The van der Waals surface area contributed by atoms with E-state index in [0.29, 0.717) is 6.54 Å². The minimum atomic E-state index is -1.06. The number of aliphatic carboxylic acids is 1. The second-order valence-corrected chi connectivity index (χ2v) is 9.52. The van der Waals surface area contributed by atoms with E-state index in [0.717, 1.165) is 22.3 Å². The van der Waals surface area contributed by atoms with Crippen LogP contribution in [0.25, 0.3) is 11.1 Å². The van der Waals surface area contributed by atoms with Crippen molar-refractivity contribution in [3.63, 3.8) is 0 Å². The molecule has 2 aromatic carbocycles. The van der Waals surface area contributed by atoms with Crippen molar-refractivity contribution in [2.24, 2.45) is 5.41 Å². The van der Waals surface area contributed by atoms with Gasteiger partial charge in [0.15, 0.2) is 11.5 Å². The number of nitrogens with zero attached hydrogens (tertiary/aromatic N) is 2. The summed E-state index contributed by atoms with van der Waals surface area (Å²) in [4.78, 5) is 37.8. The molecule has 3 aromatic rings. The van der Waals surface area contributed by atoms with Crippen molar-refractivity contribution in [3.05, 3.63) is 77.2 Å². The number of carbonyl (C=O) groups is 3. The first-order chi connectivity index (χ1) is 16.8. The molecule has 5 rings (SSSR count). The first-order valence-electron chi connectivity index (χ1n) is 11.3. The van der Waals surface area contributed by atoms with Crippen LogP contribution < -0.4 is 5.32 Å². The Morgan fingerprint density at radius 2 is 1.74 bits per heavy atom. The number of aromatic nitrogens is 1. The molecule has 0 bridgehead atoms. The molecule has 180 valence electrons. The fourth-order valence-electron chi connectivity index (χ4n) is 5.04. The molecule has 1 aliphatic carbocycles. The van der Waals surface area contributed by atoms with Crippen LogP contribution in [-0.4, -0.2) is 52.3 Å². The molecule has 35 heavy (non-hydrogen) atoms. The van der Waals surface area contributed by atoms with E-state index in [2.05, 4.69) is 22.6 Å². The quantitative estimate of drug-likeness (QED) is 0.558. The smallest absolute Gasteiger partial charge is 0.407 e. The highest BCUT2D eigenvalue weighted by molar-refractivity contribution is 5.96. The van der Waals surface area contributed by atoms with Crippen LogP contribution in [0, 0.1) is 5.41 Å². The summed E-state index contributed by atoms with van der Waals surface area (Å²) in [6.45, 7) is 4.05. The average Bonchev–Trinajstić information content (AvgIpc) is 3.42. The van der Waals surface area contributed by atoms with Gasteiger partial charge in [-0.1, -0.05) is 67.5 Å². The normalized spacial score (nSPS) is 17.8. The molecule has 1 unspecified atom stereocenters. The van der Waals surface area contributed by atoms with E-state index in [4.69, 9.17) is 9.26 Å². The lowest BCUT2D eigenvalue weighted by molar-refractivity contribution is -0.156. The number of rotatable bonds is 6. The zero-order valence-electron chi connectivity index (χ0n) is 19.4. The standard InChI is InChI=1S/C26H25N3O6/c1-26(2)14-29(22(26)24(31)32)23(30)21-11-15(35-28-21)12-27-25(33)34-13-20-18-9-5-3-7-16(18)17-8-4-6-10-19(17)20/h3-11,20,22H,12-14H2,1-2H3,(H,27,33)(H,31,32). The molecule has 9 heteroatoms. The maximum Gasteiger partial charge on any atom is 0.407 e. The first kappa shape index (κ1) is 22.6. The van der Waals surface area contributed by atoms with Crippen molar-refractivity contribution in [2.45, 2.75) is 32.4 Å². The van der Waals surface area contributed by atoms with Gasteiger partial charge in [0.25, 0.3) is 5.91 Å². The molecule has 0 radical (unpaired) electrons. The maximum absolute atomic E-state index is 12.7. The van der Waals surface area contributed by atoms with E-state index in [-0.39, 0.29) is 30.5 Å².